The number of carboxylic acid groups (broad SMARTS) is 1. The van der Waals surface area contributed by atoms with E-state index in [2.05, 4.69) is 15.9 Å². The maximum atomic E-state index is 11.7. The lowest BCUT2D eigenvalue weighted by molar-refractivity contribution is -0.142. The van der Waals surface area contributed by atoms with Gasteiger partial charge in [-0.3, -0.25) is 14.5 Å². The second-order valence-electron chi connectivity index (χ2n) is 9.74. The molecule has 1 saturated heterocycles. The van der Waals surface area contributed by atoms with Gasteiger partial charge < -0.3 is 34.9 Å². The number of halogens is 2. The Morgan fingerprint density at radius 2 is 1.83 bits per heavy atom. The van der Waals surface area contributed by atoms with Crippen molar-refractivity contribution in [1.29, 1.82) is 0 Å². The van der Waals surface area contributed by atoms with Crippen LogP contribution in [0.25, 0.3) is 11.1 Å². The number of benzene rings is 3. The number of nitrogens with zero attached hydrogens (tertiary/aromatic N) is 1. The summed E-state index contributed by atoms with van der Waals surface area (Å²) in [4.78, 5) is 24.7. The number of fused-ring (bicyclic) bond motifs is 1. The quantitative estimate of drug-likeness (QED) is 0.298. The third-order valence-electron chi connectivity index (χ3n) is 6.84. The summed E-state index contributed by atoms with van der Waals surface area (Å²) in [7, 11) is 0. The summed E-state index contributed by atoms with van der Waals surface area (Å²) in [6.45, 7) is 1.10. The van der Waals surface area contributed by atoms with Gasteiger partial charge in [-0.1, -0.05) is 35.9 Å². The minimum Gasteiger partial charge on any atom is -0.487 e. The summed E-state index contributed by atoms with van der Waals surface area (Å²) in [6, 6.07) is 13.9. The zero-order valence-electron chi connectivity index (χ0n) is 21.8. The highest BCUT2D eigenvalue weighted by Gasteiger charge is 2.36. The summed E-state index contributed by atoms with van der Waals surface area (Å²) >= 11 is 10.3. The highest BCUT2D eigenvalue weighted by molar-refractivity contribution is 9.10. The van der Waals surface area contributed by atoms with Gasteiger partial charge in [0.1, 0.15) is 37.4 Å². The summed E-state index contributed by atoms with van der Waals surface area (Å²) in [5.74, 6) is 0.281. The van der Waals surface area contributed by atoms with E-state index in [0.29, 0.717) is 36.0 Å². The van der Waals surface area contributed by atoms with Crippen LogP contribution in [0.2, 0.25) is 5.02 Å². The molecule has 216 valence electrons. The van der Waals surface area contributed by atoms with E-state index >= 15 is 0 Å². The van der Waals surface area contributed by atoms with Crippen LogP contribution in [0.15, 0.2) is 53.0 Å². The molecule has 0 saturated carbocycles. The van der Waals surface area contributed by atoms with Gasteiger partial charge in [0.2, 0.25) is 0 Å². The average Bonchev–Trinajstić information content (AvgIpc) is 3.32. The molecule has 5 rings (SSSR count). The van der Waals surface area contributed by atoms with Crippen molar-refractivity contribution in [3.63, 3.8) is 0 Å². The Morgan fingerprint density at radius 3 is 2.59 bits per heavy atom. The van der Waals surface area contributed by atoms with Crippen molar-refractivity contribution < 1.29 is 38.7 Å². The van der Waals surface area contributed by atoms with Crippen molar-refractivity contribution in [3.05, 3.63) is 69.2 Å². The fourth-order valence-corrected chi connectivity index (χ4v) is 5.75. The van der Waals surface area contributed by atoms with Gasteiger partial charge >= 0.3 is 5.97 Å². The number of amides is 1. The molecule has 3 aromatic carbocycles. The third-order valence-corrected chi connectivity index (χ3v) is 8.07. The second-order valence-corrected chi connectivity index (χ2v) is 10.9. The molecule has 4 N–H and O–H groups in total. The third kappa shape index (κ3) is 6.70. The van der Waals surface area contributed by atoms with Crippen LogP contribution < -0.4 is 24.7 Å². The minimum absolute atomic E-state index is 0.113. The van der Waals surface area contributed by atoms with Gasteiger partial charge in [-0.05, 0) is 45.3 Å². The monoisotopic (exact) mass is 646 g/mol. The number of carbonyl (C=O) groups excluding carboxylic acids is 1. The number of hydrogen-bond acceptors (Lipinski definition) is 8. The van der Waals surface area contributed by atoms with Crippen LogP contribution in [0.1, 0.15) is 17.5 Å². The van der Waals surface area contributed by atoms with Crippen LogP contribution >= 0.6 is 27.5 Å². The van der Waals surface area contributed by atoms with Gasteiger partial charge in [0.05, 0.1) is 11.1 Å². The van der Waals surface area contributed by atoms with Crippen LogP contribution in [0.5, 0.6) is 23.0 Å². The van der Waals surface area contributed by atoms with E-state index in [-0.39, 0.29) is 43.5 Å². The van der Waals surface area contributed by atoms with E-state index in [1.807, 2.05) is 36.4 Å². The Bertz CT molecular complexity index is 1470. The molecular weight excluding hydrogens is 620 g/mol. The van der Waals surface area contributed by atoms with Crippen molar-refractivity contribution >= 4 is 39.4 Å². The molecule has 0 spiro atoms. The lowest BCUT2D eigenvalue weighted by Gasteiger charge is -2.23. The van der Waals surface area contributed by atoms with Crippen molar-refractivity contribution in [3.8, 4) is 34.1 Å². The maximum Gasteiger partial charge on any atom is 0.321 e. The number of carboxylic acids is 1. The number of ether oxygens (including phenoxy) is 4. The van der Waals surface area contributed by atoms with Gasteiger partial charge in [0.15, 0.2) is 18.1 Å². The van der Waals surface area contributed by atoms with Crippen molar-refractivity contribution in [2.45, 2.75) is 31.7 Å². The SMILES string of the molecule is NC(=O)COc1cc(OCc2cccc(-c3ccc4c(c3)OCCO4)c2Br)c(Cl)cc1CN1C[C@@H](O)C[C@H]1C(=O)O. The number of β-amino-alcohol motifs (C(OH)–C–C–N with tert-alkyl or cyclic N) is 1. The normalized spacial score (nSPS) is 18.2. The summed E-state index contributed by atoms with van der Waals surface area (Å²) in [5, 5.41) is 19.9. The van der Waals surface area contributed by atoms with Gasteiger partial charge in [0, 0.05) is 41.2 Å². The summed E-state index contributed by atoms with van der Waals surface area (Å²) in [6.07, 6.45) is -0.650. The Morgan fingerprint density at radius 1 is 1.05 bits per heavy atom. The molecule has 0 unspecified atom stereocenters. The average molecular weight is 648 g/mol. The van der Waals surface area contributed by atoms with E-state index in [1.165, 1.54) is 0 Å². The molecule has 2 atom stereocenters. The smallest absolute Gasteiger partial charge is 0.321 e. The maximum absolute atomic E-state index is 11.7. The van der Waals surface area contributed by atoms with Crippen LogP contribution in [0.4, 0.5) is 0 Å². The molecule has 12 heteroatoms. The largest absolute Gasteiger partial charge is 0.487 e. The Balaban J connectivity index is 1.37. The Labute approximate surface area is 249 Å². The molecule has 0 radical (unpaired) electrons. The van der Waals surface area contributed by atoms with E-state index in [0.717, 1.165) is 21.2 Å². The van der Waals surface area contributed by atoms with Crippen LogP contribution in [-0.2, 0) is 22.7 Å². The van der Waals surface area contributed by atoms with E-state index in [9.17, 15) is 19.8 Å². The molecular formula is C29H28BrClN2O8. The lowest BCUT2D eigenvalue weighted by atomic mass is 10.0. The molecule has 41 heavy (non-hydrogen) atoms. The molecule has 2 aliphatic heterocycles. The molecule has 0 aromatic heterocycles. The number of nitrogens with two attached hydrogens (primary N) is 1. The van der Waals surface area contributed by atoms with E-state index in [4.69, 9.17) is 36.3 Å². The first-order valence-corrected chi connectivity index (χ1v) is 14.1. The van der Waals surface area contributed by atoms with E-state index in [1.54, 1.807) is 17.0 Å². The molecule has 2 heterocycles. The van der Waals surface area contributed by atoms with Crippen LogP contribution in [0.3, 0.4) is 0 Å². The molecule has 0 bridgehead atoms. The molecule has 0 aliphatic carbocycles. The topological polar surface area (TPSA) is 141 Å². The number of aliphatic hydroxyl groups excluding tert-OH is 1. The first kappa shape index (κ1) is 29.0. The molecule has 1 amide bonds. The minimum atomic E-state index is -1.03. The number of aliphatic carboxylic acids is 1. The molecule has 1 fully saturated rings. The summed E-state index contributed by atoms with van der Waals surface area (Å²) < 4.78 is 23.9. The Hall–Kier alpha value is -3.51. The molecule has 10 nitrogen and oxygen atoms in total. The number of rotatable bonds is 10. The van der Waals surface area contributed by atoms with E-state index < -0.39 is 24.0 Å². The molecule has 2 aliphatic rings. The standard InChI is InChI=1S/C29H28BrClN2O8/c30-28-17(2-1-3-20(28)16-4-5-23-26(9-16)39-7-6-38-23)14-40-25-11-24(41-15-27(32)35)18(8-21(25)31)12-33-13-19(34)10-22(33)29(36)37/h1-5,8-9,11,19,22,34H,6-7,10,12-15H2,(H2,32,35)(H,36,37)/t19-,22-/m0/s1. The lowest BCUT2D eigenvalue weighted by Crippen LogP contribution is -2.35. The number of hydrogen-bond donors (Lipinski definition) is 3. The van der Waals surface area contributed by atoms with Crippen LogP contribution in [0, 0.1) is 0 Å². The first-order chi connectivity index (χ1) is 19.7. The van der Waals surface area contributed by atoms with Gasteiger partial charge in [-0.15, -0.1) is 0 Å². The van der Waals surface area contributed by atoms with Crippen molar-refractivity contribution in [2.75, 3.05) is 26.4 Å². The fourth-order valence-electron chi connectivity index (χ4n) is 4.90. The highest BCUT2D eigenvalue weighted by atomic mass is 79.9. The fraction of sp³-hybridized carbons (Fsp3) is 0.310. The van der Waals surface area contributed by atoms with Gasteiger partial charge in [-0.25, -0.2) is 0 Å². The zero-order valence-corrected chi connectivity index (χ0v) is 24.2. The van der Waals surface area contributed by atoms with Crippen LogP contribution in [-0.4, -0.2) is 65.5 Å². The predicted molar refractivity (Wildman–Crippen MR) is 153 cm³/mol. The highest BCUT2D eigenvalue weighted by Crippen LogP contribution is 2.39. The Kier molecular flexibility index (Phi) is 8.88. The van der Waals surface area contributed by atoms with Gasteiger partial charge in [-0.2, -0.15) is 0 Å². The second kappa shape index (κ2) is 12.6. The number of likely N-dealkylation sites (tertiary alicyclic amines) is 1. The zero-order chi connectivity index (χ0) is 29.1. The number of aliphatic hydroxyl groups is 1. The molecule has 3 aromatic rings. The van der Waals surface area contributed by atoms with Crippen molar-refractivity contribution in [1.82, 2.24) is 4.90 Å². The van der Waals surface area contributed by atoms with Gasteiger partial charge in [0.25, 0.3) is 5.91 Å². The first-order valence-electron chi connectivity index (χ1n) is 12.9. The van der Waals surface area contributed by atoms with Crippen molar-refractivity contribution in [2.24, 2.45) is 5.73 Å². The summed E-state index contributed by atoms with van der Waals surface area (Å²) in [5.41, 5.74) is 8.56. The number of primary amides is 1. The number of carbonyl (C=O) groups is 2. The predicted octanol–water partition coefficient (Wildman–Crippen LogP) is 4.00.